The van der Waals surface area contributed by atoms with Crippen LogP contribution in [0.15, 0.2) is 84.9 Å². The number of amides is 4. The van der Waals surface area contributed by atoms with E-state index in [0.29, 0.717) is 53.5 Å². The first-order valence-corrected chi connectivity index (χ1v) is 17.8. The molecule has 4 aromatic rings. The summed E-state index contributed by atoms with van der Waals surface area (Å²) in [6, 6.07) is 16.6. The van der Waals surface area contributed by atoms with Crippen LogP contribution >= 0.6 is 0 Å². The fourth-order valence-electron chi connectivity index (χ4n) is 7.20. The summed E-state index contributed by atoms with van der Waals surface area (Å²) in [6.45, 7) is 11.3. The average Bonchev–Trinajstić information content (AvgIpc) is 3.54. The van der Waals surface area contributed by atoms with Crippen LogP contribution in [0.1, 0.15) is 119 Å². The van der Waals surface area contributed by atoms with Crippen LogP contribution < -0.4 is 9.64 Å². The Kier molecular flexibility index (Phi) is 9.55. The van der Waals surface area contributed by atoms with Crippen molar-refractivity contribution in [2.75, 3.05) is 4.90 Å². The highest BCUT2D eigenvalue weighted by Gasteiger charge is 2.73. The van der Waals surface area contributed by atoms with Crippen molar-refractivity contribution in [1.82, 2.24) is 4.90 Å². The van der Waals surface area contributed by atoms with Gasteiger partial charge in [0.15, 0.2) is 0 Å². The Morgan fingerprint density at radius 2 is 0.909 bits per heavy atom. The van der Waals surface area contributed by atoms with Gasteiger partial charge in [-0.2, -0.15) is 26.3 Å². The molecule has 0 unspecified atom stereocenters. The number of anilines is 1. The number of imide groups is 2. The Morgan fingerprint density at radius 1 is 0.509 bits per heavy atom. The summed E-state index contributed by atoms with van der Waals surface area (Å²) in [7, 11) is 0. The summed E-state index contributed by atoms with van der Waals surface area (Å²) in [4.78, 5) is 55.5. The summed E-state index contributed by atoms with van der Waals surface area (Å²) in [5.74, 6) is -3.05. The lowest BCUT2D eigenvalue weighted by Crippen LogP contribution is -2.55. The standard InChI is InChI=1S/C42H38F6N2O5/c1-7-38(4,5)24-10-16-28(17-11-24)55-29-18-14-27(15-19-29)49-34(51)30-20-12-25(22-32(30)35(49)52)40(41(43,44)45,42(46,47)48)26-13-21-31-33(23-26)37(54)50(36(31)53)39(6,8-2)9-3/h10-23H,7-9H2,1-6H3. The van der Waals surface area contributed by atoms with Crippen LogP contribution in [0.25, 0.3) is 0 Å². The van der Waals surface area contributed by atoms with Crippen LogP contribution in [0.5, 0.6) is 11.5 Å². The van der Waals surface area contributed by atoms with Crippen molar-refractivity contribution in [1.29, 1.82) is 0 Å². The predicted molar refractivity (Wildman–Crippen MR) is 193 cm³/mol. The summed E-state index contributed by atoms with van der Waals surface area (Å²) in [5.41, 5.74) is -9.48. The van der Waals surface area contributed by atoms with Crippen molar-refractivity contribution in [3.05, 3.63) is 124 Å². The first-order chi connectivity index (χ1) is 25.7. The summed E-state index contributed by atoms with van der Waals surface area (Å²) < 4.78 is 97.3. The average molecular weight is 765 g/mol. The number of hydrogen-bond donors (Lipinski definition) is 0. The second-order valence-electron chi connectivity index (χ2n) is 14.7. The maximum Gasteiger partial charge on any atom is 0.411 e. The third-order valence-electron chi connectivity index (χ3n) is 11.4. The normalized spacial score (nSPS) is 15.2. The predicted octanol–water partition coefficient (Wildman–Crippen LogP) is 10.6. The molecule has 0 spiro atoms. The molecular weight excluding hydrogens is 726 g/mol. The van der Waals surface area contributed by atoms with E-state index in [2.05, 4.69) is 20.8 Å². The van der Waals surface area contributed by atoms with E-state index in [0.717, 1.165) is 29.0 Å². The number of nitrogens with zero attached hydrogens (tertiary/aromatic N) is 2. The van der Waals surface area contributed by atoms with Gasteiger partial charge in [0.1, 0.15) is 11.5 Å². The van der Waals surface area contributed by atoms with Crippen LogP contribution in [0.2, 0.25) is 0 Å². The van der Waals surface area contributed by atoms with Gasteiger partial charge < -0.3 is 4.74 Å². The van der Waals surface area contributed by atoms with Gasteiger partial charge in [-0.15, -0.1) is 0 Å². The number of halogens is 6. The van der Waals surface area contributed by atoms with Gasteiger partial charge in [0.05, 0.1) is 27.9 Å². The summed E-state index contributed by atoms with van der Waals surface area (Å²) in [5, 5.41) is 0. The molecule has 0 N–H and O–H groups in total. The minimum atomic E-state index is -6.08. The monoisotopic (exact) mass is 764 g/mol. The zero-order valence-electron chi connectivity index (χ0n) is 30.9. The van der Waals surface area contributed by atoms with Gasteiger partial charge in [-0.3, -0.25) is 24.1 Å². The first-order valence-electron chi connectivity index (χ1n) is 17.8. The van der Waals surface area contributed by atoms with Gasteiger partial charge in [0.25, 0.3) is 23.6 Å². The van der Waals surface area contributed by atoms with Crippen molar-refractivity contribution in [3.63, 3.8) is 0 Å². The van der Waals surface area contributed by atoms with Crippen molar-refractivity contribution in [3.8, 4) is 11.5 Å². The Hall–Kier alpha value is -5.46. The van der Waals surface area contributed by atoms with Gasteiger partial charge in [0.2, 0.25) is 5.41 Å². The third kappa shape index (κ3) is 6.08. The molecule has 2 heterocycles. The van der Waals surface area contributed by atoms with Crippen molar-refractivity contribution in [2.24, 2.45) is 0 Å². The number of carbonyl (C=O) groups excluding carboxylic acids is 4. The Balaban J connectivity index is 1.36. The van der Waals surface area contributed by atoms with E-state index < -0.39 is 74.8 Å². The molecule has 2 aliphatic heterocycles. The highest BCUT2D eigenvalue weighted by atomic mass is 19.4. The molecule has 288 valence electrons. The summed E-state index contributed by atoms with van der Waals surface area (Å²) in [6.07, 6.45) is -10.6. The largest absolute Gasteiger partial charge is 0.457 e. The van der Waals surface area contributed by atoms with Gasteiger partial charge in [-0.1, -0.05) is 58.9 Å². The maximum absolute atomic E-state index is 15.2. The van der Waals surface area contributed by atoms with E-state index in [1.807, 2.05) is 12.1 Å². The van der Waals surface area contributed by atoms with E-state index in [-0.39, 0.29) is 16.7 Å². The number of ether oxygens (including phenoxy) is 1. The molecule has 0 fully saturated rings. The molecular formula is C42H38F6N2O5. The molecule has 0 aliphatic carbocycles. The number of alkyl halides is 6. The van der Waals surface area contributed by atoms with E-state index >= 15 is 26.3 Å². The molecule has 55 heavy (non-hydrogen) atoms. The zero-order valence-corrected chi connectivity index (χ0v) is 30.9. The van der Waals surface area contributed by atoms with Gasteiger partial charge >= 0.3 is 12.4 Å². The molecule has 7 nitrogen and oxygen atoms in total. The Labute approximate surface area is 313 Å². The molecule has 4 aromatic carbocycles. The second-order valence-corrected chi connectivity index (χ2v) is 14.7. The van der Waals surface area contributed by atoms with Crippen molar-refractivity contribution in [2.45, 2.75) is 89.5 Å². The van der Waals surface area contributed by atoms with Crippen LogP contribution in [0.3, 0.4) is 0 Å². The molecule has 0 radical (unpaired) electrons. The molecule has 0 aromatic heterocycles. The van der Waals surface area contributed by atoms with Crippen LogP contribution in [-0.2, 0) is 10.8 Å². The summed E-state index contributed by atoms with van der Waals surface area (Å²) >= 11 is 0. The molecule has 0 atom stereocenters. The molecule has 0 saturated carbocycles. The highest BCUT2D eigenvalue weighted by molar-refractivity contribution is 6.34. The fraction of sp³-hybridized carbons (Fsp3) is 0.333. The number of benzene rings is 4. The van der Waals surface area contributed by atoms with Crippen molar-refractivity contribution >= 4 is 29.3 Å². The Morgan fingerprint density at radius 3 is 1.36 bits per heavy atom. The first kappa shape index (κ1) is 39.2. The molecule has 2 aliphatic rings. The molecule has 6 rings (SSSR count). The van der Waals surface area contributed by atoms with E-state index in [1.165, 1.54) is 24.3 Å². The quantitative estimate of drug-likeness (QED) is 0.119. The Bertz CT molecular complexity index is 2190. The van der Waals surface area contributed by atoms with E-state index in [1.54, 1.807) is 32.9 Å². The van der Waals surface area contributed by atoms with E-state index in [9.17, 15) is 19.2 Å². The number of fused-ring (bicyclic) bond motifs is 2. The van der Waals surface area contributed by atoms with E-state index in [4.69, 9.17) is 4.74 Å². The number of hydrogen-bond acceptors (Lipinski definition) is 5. The third-order valence-corrected chi connectivity index (χ3v) is 11.4. The highest BCUT2D eigenvalue weighted by Crippen LogP contribution is 2.57. The molecule has 0 saturated heterocycles. The number of carbonyl (C=O) groups is 4. The van der Waals surface area contributed by atoms with Crippen LogP contribution in [-0.4, -0.2) is 46.4 Å². The van der Waals surface area contributed by atoms with Crippen molar-refractivity contribution < 1.29 is 50.3 Å². The molecule has 0 bridgehead atoms. The number of rotatable bonds is 10. The lowest BCUT2D eigenvalue weighted by Gasteiger charge is -2.38. The van der Waals surface area contributed by atoms with Gasteiger partial charge in [-0.25, -0.2) is 4.90 Å². The molecule has 4 amide bonds. The van der Waals surface area contributed by atoms with Crippen LogP contribution in [0.4, 0.5) is 32.0 Å². The SMILES string of the molecule is CCC(C)(C)c1ccc(Oc2ccc(N3C(=O)c4ccc(C(c5ccc6c(c5)C(=O)N(C(C)(CC)CC)C6=O)(C(F)(F)F)C(F)(F)F)cc4C3=O)cc2)cc1. The molecule has 13 heteroatoms. The minimum absolute atomic E-state index is 0.00978. The van der Waals surface area contributed by atoms with Crippen LogP contribution in [0, 0.1) is 0 Å². The zero-order chi connectivity index (χ0) is 40.5. The lowest BCUT2D eigenvalue weighted by atomic mass is 9.71. The topological polar surface area (TPSA) is 84.0 Å². The smallest absolute Gasteiger partial charge is 0.411 e. The minimum Gasteiger partial charge on any atom is -0.457 e. The van der Waals surface area contributed by atoms with Gasteiger partial charge in [0, 0.05) is 5.54 Å². The fourth-order valence-corrected chi connectivity index (χ4v) is 7.20. The second kappa shape index (κ2) is 13.4. The lowest BCUT2D eigenvalue weighted by molar-refractivity contribution is -0.288. The maximum atomic E-state index is 15.2. The van der Waals surface area contributed by atoms with Gasteiger partial charge in [-0.05, 0) is 109 Å².